The first kappa shape index (κ1) is 16.0. The van der Waals surface area contributed by atoms with Crippen molar-refractivity contribution in [3.63, 3.8) is 0 Å². The minimum absolute atomic E-state index is 0.0425. The second-order valence-electron chi connectivity index (χ2n) is 5.63. The van der Waals surface area contributed by atoms with Gasteiger partial charge in [-0.3, -0.25) is 4.79 Å². The molecule has 0 saturated carbocycles. The summed E-state index contributed by atoms with van der Waals surface area (Å²) in [6.45, 7) is 3.09. The summed E-state index contributed by atoms with van der Waals surface area (Å²) >= 11 is 0. The molecule has 126 valence electrons. The molecular formula is C14H17F3N4O2. The summed E-state index contributed by atoms with van der Waals surface area (Å²) in [4.78, 5) is 23.1. The van der Waals surface area contributed by atoms with Gasteiger partial charge in [0.15, 0.2) is 0 Å². The van der Waals surface area contributed by atoms with Crippen LogP contribution in [-0.4, -0.2) is 60.2 Å². The van der Waals surface area contributed by atoms with Crippen LogP contribution in [0.2, 0.25) is 0 Å². The molecule has 9 heteroatoms. The molecule has 1 aromatic rings. The van der Waals surface area contributed by atoms with Crippen LogP contribution in [0.3, 0.4) is 0 Å². The summed E-state index contributed by atoms with van der Waals surface area (Å²) in [5, 5.41) is 0. The summed E-state index contributed by atoms with van der Waals surface area (Å²) in [5.41, 5.74) is -0.967. The monoisotopic (exact) mass is 330 g/mol. The second kappa shape index (κ2) is 6.31. The molecule has 6 nitrogen and oxygen atoms in total. The van der Waals surface area contributed by atoms with Crippen molar-refractivity contribution in [3.8, 4) is 0 Å². The minimum Gasteiger partial charge on any atom is -0.378 e. The first-order chi connectivity index (χ1) is 10.9. The molecule has 0 bridgehead atoms. The molecule has 2 aliphatic heterocycles. The van der Waals surface area contributed by atoms with Crippen molar-refractivity contribution in [1.82, 2.24) is 14.9 Å². The third kappa shape index (κ3) is 3.54. The number of hydrogen-bond donors (Lipinski definition) is 0. The number of aromatic nitrogens is 2. The van der Waals surface area contributed by atoms with E-state index in [1.807, 2.05) is 0 Å². The zero-order chi connectivity index (χ0) is 16.4. The standard InChI is InChI=1S/C14H17F3N4O2/c15-14(16,17)11-7-12(19-9-18-11)21-2-1-10(8-21)13(22)20-3-5-23-6-4-20/h7,9-10H,1-6,8H2. The predicted octanol–water partition coefficient (Wildman–Crippen LogP) is 1.18. The van der Waals surface area contributed by atoms with E-state index in [0.29, 0.717) is 45.8 Å². The molecule has 0 N–H and O–H groups in total. The van der Waals surface area contributed by atoms with Crippen molar-refractivity contribution in [2.24, 2.45) is 5.92 Å². The Kier molecular flexibility index (Phi) is 4.38. The molecule has 2 saturated heterocycles. The van der Waals surface area contributed by atoms with Crippen LogP contribution in [0.1, 0.15) is 12.1 Å². The summed E-state index contributed by atoms with van der Waals surface area (Å²) in [5.74, 6) is 0.0444. The Morgan fingerprint density at radius 2 is 1.96 bits per heavy atom. The van der Waals surface area contributed by atoms with Crippen molar-refractivity contribution >= 4 is 11.7 Å². The van der Waals surface area contributed by atoms with E-state index >= 15 is 0 Å². The van der Waals surface area contributed by atoms with Gasteiger partial charge in [0.2, 0.25) is 5.91 Å². The highest BCUT2D eigenvalue weighted by atomic mass is 19.4. The highest BCUT2D eigenvalue weighted by Crippen LogP contribution is 2.30. The van der Waals surface area contributed by atoms with Crippen molar-refractivity contribution in [2.75, 3.05) is 44.3 Å². The highest BCUT2D eigenvalue weighted by Gasteiger charge is 2.36. The average Bonchev–Trinajstić information content (AvgIpc) is 3.04. The number of carbonyl (C=O) groups is 1. The molecular weight excluding hydrogens is 313 g/mol. The van der Waals surface area contributed by atoms with Gasteiger partial charge < -0.3 is 14.5 Å². The lowest BCUT2D eigenvalue weighted by Crippen LogP contribution is -2.44. The number of hydrogen-bond acceptors (Lipinski definition) is 5. The molecule has 3 rings (SSSR count). The van der Waals surface area contributed by atoms with Crippen molar-refractivity contribution in [3.05, 3.63) is 18.1 Å². The quantitative estimate of drug-likeness (QED) is 0.815. The van der Waals surface area contributed by atoms with Crippen LogP contribution in [0.4, 0.5) is 19.0 Å². The van der Waals surface area contributed by atoms with Crippen LogP contribution < -0.4 is 4.90 Å². The molecule has 0 radical (unpaired) electrons. The van der Waals surface area contributed by atoms with Crippen LogP contribution in [0, 0.1) is 5.92 Å². The number of anilines is 1. The SMILES string of the molecule is O=C(C1CCN(c2cc(C(F)(F)F)ncn2)C1)N1CCOCC1. The smallest absolute Gasteiger partial charge is 0.378 e. The average molecular weight is 330 g/mol. The Hall–Kier alpha value is -1.90. The maximum absolute atomic E-state index is 12.7. The maximum Gasteiger partial charge on any atom is 0.433 e. The van der Waals surface area contributed by atoms with Crippen LogP contribution in [0.15, 0.2) is 12.4 Å². The topological polar surface area (TPSA) is 58.6 Å². The molecule has 2 fully saturated rings. The third-order valence-corrected chi connectivity index (χ3v) is 4.13. The molecule has 0 aromatic carbocycles. The first-order valence-electron chi connectivity index (χ1n) is 7.46. The summed E-state index contributed by atoms with van der Waals surface area (Å²) in [6.07, 6.45) is -2.97. The van der Waals surface area contributed by atoms with Crippen LogP contribution in [0.5, 0.6) is 0 Å². The lowest BCUT2D eigenvalue weighted by molar-refractivity contribution is -0.141. The Morgan fingerprint density at radius 1 is 1.22 bits per heavy atom. The van der Waals surface area contributed by atoms with Crippen LogP contribution in [-0.2, 0) is 15.7 Å². The lowest BCUT2D eigenvalue weighted by Gasteiger charge is -2.29. The van der Waals surface area contributed by atoms with Crippen molar-refractivity contribution < 1.29 is 22.7 Å². The van der Waals surface area contributed by atoms with Gasteiger partial charge >= 0.3 is 6.18 Å². The van der Waals surface area contributed by atoms with Gasteiger partial charge in [0.05, 0.1) is 19.1 Å². The Morgan fingerprint density at radius 3 is 2.65 bits per heavy atom. The van der Waals surface area contributed by atoms with Gasteiger partial charge in [0, 0.05) is 32.2 Å². The number of halogens is 3. The first-order valence-corrected chi connectivity index (χ1v) is 7.46. The number of morpholine rings is 1. The number of carbonyl (C=O) groups excluding carboxylic acids is 1. The van der Waals surface area contributed by atoms with Gasteiger partial charge in [-0.25, -0.2) is 9.97 Å². The van der Waals surface area contributed by atoms with E-state index in [1.165, 1.54) is 0 Å². The third-order valence-electron chi connectivity index (χ3n) is 4.13. The van der Waals surface area contributed by atoms with Gasteiger partial charge in [-0.15, -0.1) is 0 Å². The van der Waals surface area contributed by atoms with E-state index in [0.717, 1.165) is 12.4 Å². The van der Waals surface area contributed by atoms with Crippen molar-refractivity contribution in [1.29, 1.82) is 0 Å². The number of ether oxygens (including phenoxy) is 1. The maximum atomic E-state index is 12.7. The number of alkyl halides is 3. The second-order valence-corrected chi connectivity index (χ2v) is 5.63. The van der Waals surface area contributed by atoms with E-state index < -0.39 is 11.9 Å². The Bertz CT molecular complexity index is 575. The van der Waals surface area contributed by atoms with Crippen LogP contribution in [0.25, 0.3) is 0 Å². The Labute approximate surface area is 131 Å². The largest absolute Gasteiger partial charge is 0.433 e. The van der Waals surface area contributed by atoms with E-state index in [1.54, 1.807) is 9.80 Å². The highest BCUT2D eigenvalue weighted by molar-refractivity contribution is 5.80. The molecule has 1 atom stereocenters. The van der Waals surface area contributed by atoms with Gasteiger partial charge in [0.25, 0.3) is 0 Å². The fourth-order valence-electron chi connectivity index (χ4n) is 2.89. The zero-order valence-corrected chi connectivity index (χ0v) is 12.4. The number of nitrogens with zero attached hydrogens (tertiary/aromatic N) is 4. The summed E-state index contributed by atoms with van der Waals surface area (Å²) in [6, 6.07) is 0.932. The van der Waals surface area contributed by atoms with Gasteiger partial charge in [0.1, 0.15) is 17.8 Å². The Balaban J connectivity index is 1.66. The lowest BCUT2D eigenvalue weighted by atomic mass is 10.1. The number of rotatable bonds is 2. The molecule has 1 aromatic heterocycles. The predicted molar refractivity (Wildman–Crippen MR) is 74.8 cm³/mol. The fourth-order valence-corrected chi connectivity index (χ4v) is 2.89. The number of amides is 1. The zero-order valence-electron chi connectivity index (χ0n) is 12.4. The van der Waals surface area contributed by atoms with E-state index in [4.69, 9.17) is 4.74 Å². The van der Waals surface area contributed by atoms with Crippen molar-refractivity contribution in [2.45, 2.75) is 12.6 Å². The molecule has 0 spiro atoms. The van der Waals surface area contributed by atoms with E-state index in [2.05, 4.69) is 9.97 Å². The van der Waals surface area contributed by atoms with Gasteiger partial charge in [-0.1, -0.05) is 0 Å². The molecule has 1 amide bonds. The summed E-state index contributed by atoms with van der Waals surface area (Å²) < 4.78 is 43.4. The molecule has 3 heterocycles. The molecule has 23 heavy (non-hydrogen) atoms. The summed E-state index contributed by atoms with van der Waals surface area (Å²) in [7, 11) is 0. The molecule has 0 aliphatic carbocycles. The normalized spacial score (nSPS) is 22.5. The fraction of sp³-hybridized carbons (Fsp3) is 0.643. The van der Waals surface area contributed by atoms with E-state index in [-0.39, 0.29) is 17.6 Å². The molecule has 1 unspecified atom stereocenters. The van der Waals surface area contributed by atoms with Gasteiger partial charge in [-0.05, 0) is 6.42 Å². The van der Waals surface area contributed by atoms with E-state index in [9.17, 15) is 18.0 Å². The van der Waals surface area contributed by atoms with Gasteiger partial charge in [-0.2, -0.15) is 13.2 Å². The molecule has 2 aliphatic rings. The minimum atomic E-state index is -4.50. The van der Waals surface area contributed by atoms with Crippen LogP contribution >= 0.6 is 0 Å².